The minimum Gasteiger partial charge on any atom is -0.478 e. The predicted octanol–water partition coefficient (Wildman–Crippen LogP) is 3.65. The molecule has 0 saturated carbocycles. The van der Waals surface area contributed by atoms with Crippen LogP contribution in [0.1, 0.15) is 32.4 Å². The maximum Gasteiger partial charge on any atom is 0.335 e. The SMILES string of the molecule is Cn1ncc(N=Cc2ccc(-c3ccc(C(=O)O)cc3)o2)c1C(=O)NCc1ccco1. The zero-order valence-electron chi connectivity index (χ0n) is 16.5. The largest absolute Gasteiger partial charge is 0.478 e. The van der Waals surface area contributed by atoms with E-state index in [0.717, 1.165) is 5.56 Å². The Labute approximate surface area is 176 Å². The molecule has 31 heavy (non-hydrogen) atoms. The standard InChI is InChI=1S/C22H18N4O5/c1-26-20(21(27)24-11-16-3-2-10-30-16)18(13-25-26)23-12-17-8-9-19(31-17)14-4-6-15(7-5-14)22(28)29/h2-10,12-13H,11H2,1H3,(H,24,27)(H,28,29). The minimum atomic E-state index is -0.987. The lowest BCUT2D eigenvalue weighted by Gasteiger charge is -2.04. The zero-order chi connectivity index (χ0) is 21.8. The number of carbonyl (C=O) groups is 2. The summed E-state index contributed by atoms with van der Waals surface area (Å²) in [6, 6.07) is 13.4. The normalized spacial score (nSPS) is 11.1. The number of aryl methyl sites for hydroxylation is 1. The van der Waals surface area contributed by atoms with Gasteiger partial charge in [0.25, 0.3) is 5.91 Å². The van der Waals surface area contributed by atoms with Gasteiger partial charge in [0.2, 0.25) is 0 Å². The number of carbonyl (C=O) groups excluding carboxylic acids is 1. The summed E-state index contributed by atoms with van der Waals surface area (Å²) in [5.41, 5.74) is 1.64. The Hall–Kier alpha value is -4.40. The second kappa shape index (κ2) is 8.54. The summed E-state index contributed by atoms with van der Waals surface area (Å²) in [6.45, 7) is 0.252. The van der Waals surface area contributed by atoms with Gasteiger partial charge in [0.05, 0.1) is 30.8 Å². The molecule has 4 rings (SSSR count). The Morgan fingerprint density at radius 3 is 2.71 bits per heavy atom. The summed E-state index contributed by atoms with van der Waals surface area (Å²) in [5.74, 6) is 0.366. The van der Waals surface area contributed by atoms with Crippen LogP contribution >= 0.6 is 0 Å². The van der Waals surface area contributed by atoms with Crippen molar-refractivity contribution in [3.63, 3.8) is 0 Å². The van der Waals surface area contributed by atoms with Crippen molar-refractivity contribution >= 4 is 23.8 Å². The maximum absolute atomic E-state index is 12.6. The summed E-state index contributed by atoms with van der Waals surface area (Å²) >= 11 is 0. The van der Waals surface area contributed by atoms with E-state index in [4.69, 9.17) is 13.9 Å². The molecule has 0 fully saturated rings. The lowest BCUT2D eigenvalue weighted by atomic mass is 10.1. The molecule has 9 heteroatoms. The molecule has 3 heterocycles. The summed E-state index contributed by atoms with van der Waals surface area (Å²) in [4.78, 5) is 27.9. The van der Waals surface area contributed by atoms with E-state index in [1.165, 1.54) is 29.2 Å². The number of nitrogens with zero attached hydrogens (tertiary/aromatic N) is 3. The van der Waals surface area contributed by atoms with Crippen molar-refractivity contribution in [1.29, 1.82) is 0 Å². The van der Waals surface area contributed by atoms with Crippen LogP contribution in [0.3, 0.4) is 0 Å². The number of carboxylic acids is 1. The number of amides is 1. The van der Waals surface area contributed by atoms with Gasteiger partial charge in [-0.3, -0.25) is 9.48 Å². The van der Waals surface area contributed by atoms with Gasteiger partial charge >= 0.3 is 5.97 Å². The number of furan rings is 2. The van der Waals surface area contributed by atoms with Gasteiger partial charge in [0, 0.05) is 12.6 Å². The second-order valence-electron chi connectivity index (χ2n) is 6.61. The molecule has 0 saturated heterocycles. The molecular weight excluding hydrogens is 400 g/mol. The van der Waals surface area contributed by atoms with Crippen LogP contribution in [0.5, 0.6) is 0 Å². The van der Waals surface area contributed by atoms with Crippen LogP contribution < -0.4 is 5.32 Å². The molecule has 0 bridgehead atoms. The molecule has 3 aromatic heterocycles. The van der Waals surface area contributed by atoms with Gasteiger partial charge in [-0.25, -0.2) is 9.79 Å². The lowest BCUT2D eigenvalue weighted by Crippen LogP contribution is -2.25. The molecule has 0 aliphatic carbocycles. The first-order chi connectivity index (χ1) is 15.0. The third kappa shape index (κ3) is 4.45. The van der Waals surface area contributed by atoms with Crippen LogP contribution in [0, 0.1) is 0 Å². The number of aliphatic imine (C=N–C) groups is 1. The highest BCUT2D eigenvalue weighted by atomic mass is 16.4. The van der Waals surface area contributed by atoms with Crippen LogP contribution in [0.25, 0.3) is 11.3 Å². The average Bonchev–Trinajstić information content (AvgIpc) is 3.52. The van der Waals surface area contributed by atoms with Gasteiger partial charge in [-0.05, 0) is 36.4 Å². The summed E-state index contributed by atoms with van der Waals surface area (Å²) in [6.07, 6.45) is 4.53. The number of aromatic nitrogens is 2. The van der Waals surface area contributed by atoms with E-state index in [0.29, 0.717) is 28.7 Å². The molecule has 9 nitrogen and oxygen atoms in total. The van der Waals surface area contributed by atoms with Crippen LogP contribution in [0.2, 0.25) is 0 Å². The quantitative estimate of drug-likeness (QED) is 0.442. The van der Waals surface area contributed by atoms with Gasteiger partial charge in [0.1, 0.15) is 23.0 Å². The van der Waals surface area contributed by atoms with Crippen molar-refractivity contribution in [2.24, 2.45) is 12.0 Å². The van der Waals surface area contributed by atoms with E-state index in [2.05, 4.69) is 15.4 Å². The van der Waals surface area contributed by atoms with Crippen LogP contribution in [0.15, 0.2) is 74.8 Å². The Balaban J connectivity index is 1.48. The molecule has 1 aromatic carbocycles. The minimum absolute atomic E-state index is 0.200. The monoisotopic (exact) mass is 418 g/mol. The van der Waals surface area contributed by atoms with Crippen LogP contribution in [0.4, 0.5) is 5.69 Å². The Kier molecular flexibility index (Phi) is 5.48. The number of rotatable bonds is 7. The third-order valence-corrected chi connectivity index (χ3v) is 4.51. The molecular formula is C22H18N4O5. The second-order valence-corrected chi connectivity index (χ2v) is 6.61. The average molecular weight is 418 g/mol. The number of aromatic carboxylic acids is 1. The fraction of sp³-hybridized carbons (Fsp3) is 0.0909. The van der Waals surface area contributed by atoms with Crippen molar-refractivity contribution in [3.05, 3.63) is 83.8 Å². The molecule has 1 amide bonds. The van der Waals surface area contributed by atoms with E-state index in [-0.39, 0.29) is 18.0 Å². The highest BCUT2D eigenvalue weighted by Crippen LogP contribution is 2.23. The van der Waals surface area contributed by atoms with Crippen molar-refractivity contribution in [2.75, 3.05) is 0 Å². The van der Waals surface area contributed by atoms with Gasteiger partial charge in [-0.1, -0.05) is 12.1 Å². The van der Waals surface area contributed by atoms with Crippen molar-refractivity contribution in [2.45, 2.75) is 6.54 Å². The van der Waals surface area contributed by atoms with E-state index in [9.17, 15) is 9.59 Å². The topological polar surface area (TPSA) is 123 Å². The van der Waals surface area contributed by atoms with Crippen molar-refractivity contribution < 1.29 is 23.5 Å². The van der Waals surface area contributed by atoms with Crippen molar-refractivity contribution in [3.8, 4) is 11.3 Å². The molecule has 4 aromatic rings. The summed E-state index contributed by atoms with van der Waals surface area (Å²) in [7, 11) is 1.66. The van der Waals surface area contributed by atoms with Gasteiger partial charge in [0.15, 0.2) is 5.69 Å². The highest BCUT2D eigenvalue weighted by Gasteiger charge is 2.17. The number of nitrogens with one attached hydrogen (secondary N) is 1. The van der Waals surface area contributed by atoms with Crippen molar-refractivity contribution in [1.82, 2.24) is 15.1 Å². The van der Waals surface area contributed by atoms with E-state index in [1.54, 1.807) is 49.7 Å². The van der Waals surface area contributed by atoms with Gasteiger partial charge in [-0.15, -0.1) is 0 Å². The number of carboxylic acid groups (broad SMARTS) is 1. The number of hydrogen-bond acceptors (Lipinski definition) is 6. The van der Waals surface area contributed by atoms with E-state index < -0.39 is 5.97 Å². The fourth-order valence-electron chi connectivity index (χ4n) is 2.94. The number of hydrogen-bond donors (Lipinski definition) is 2. The Morgan fingerprint density at radius 1 is 1.19 bits per heavy atom. The molecule has 0 aliphatic rings. The molecule has 0 aliphatic heterocycles. The lowest BCUT2D eigenvalue weighted by molar-refractivity contribution is 0.0696. The zero-order valence-corrected chi connectivity index (χ0v) is 16.5. The molecule has 0 radical (unpaired) electrons. The number of benzene rings is 1. The summed E-state index contributed by atoms with van der Waals surface area (Å²) in [5, 5.41) is 15.9. The molecule has 0 atom stereocenters. The fourth-order valence-corrected chi connectivity index (χ4v) is 2.94. The van der Waals surface area contributed by atoms with Gasteiger partial charge in [-0.2, -0.15) is 5.10 Å². The van der Waals surface area contributed by atoms with Crippen LogP contribution in [-0.2, 0) is 13.6 Å². The predicted molar refractivity (Wildman–Crippen MR) is 111 cm³/mol. The first-order valence-corrected chi connectivity index (χ1v) is 9.31. The first-order valence-electron chi connectivity index (χ1n) is 9.31. The highest BCUT2D eigenvalue weighted by molar-refractivity contribution is 5.98. The van der Waals surface area contributed by atoms with E-state index in [1.807, 2.05) is 0 Å². The molecule has 2 N–H and O–H groups in total. The van der Waals surface area contributed by atoms with Crippen LogP contribution in [-0.4, -0.2) is 33.0 Å². The van der Waals surface area contributed by atoms with Gasteiger partial charge < -0.3 is 19.3 Å². The summed E-state index contributed by atoms with van der Waals surface area (Å²) < 4.78 is 12.4. The molecule has 0 spiro atoms. The first kappa shape index (κ1) is 19.9. The third-order valence-electron chi connectivity index (χ3n) is 4.51. The maximum atomic E-state index is 12.6. The molecule has 0 unspecified atom stereocenters. The van der Waals surface area contributed by atoms with E-state index >= 15 is 0 Å². The smallest absolute Gasteiger partial charge is 0.335 e. The molecule has 156 valence electrons. The Morgan fingerprint density at radius 2 is 2.00 bits per heavy atom. The Bertz CT molecular complexity index is 1230.